The summed E-state index contributed by atoms with van der Waals surface area (Å²) in [6.45, 7) is 3.51. The molecule has 0 aliphatic carbocycles. The summed E-state index contributed by atoms with van der Waals surface area (Å²) in [6, 6.07) is 9.82. The molecule has 0 heterocycles. The molecule has 0 radical (unpaired) electrons. The number of primary sulfonamides is 1. The second kappa shape index (κ2) is 8.86. The van der Waals surface area contributed by atoms with E-state index in [-0.39, 0.29) is 34.6 Å². The standard InChI is InChI=1S/C17H22N4O6S2/c1-12(2)20-29(26,27)15-7-8-16(17(9-15)21(22)23)19-10-13-3-5-14(6-4-13)11-28(18,24)25/h3-9,12,19-20H,10-11H2,1-2H3,(H2,18,24,25). The van der Waals surface area contributed by atoms with Crippen molar-refractivity contribution >= 4 is 31.4 Å². The number of nitro groups is 1. The number of hydrogen-bond donors (Lipinski definition) is 3. The van der Waals surface area contributed by atoms with Gasteiger partial charge in [0.05, 0.1) is 15.6 Å². The van der Waals surface area contributed by atoms with Crippen molar-refractivity contribution in [2.45, 2.75) is 37.1 Å². The number of nitrogens with one attached hydrogen (secondary N) is 2. The fourth-order valence-corrected chi connectivity index (χ4v) is 4.47. The Labute approximate surface area is 169 Å². The van der Waals surface area contributed by atoms with Crippen molar-refractivity contribution in [1.29, 1.82) is 0 Å². The molecule has 0 aliphatic rings. The summed E-state index contributed by atoms with van der Waals surface area (Å²) in [7, 11) is -7.49. The van der Waals surface area contributed by atoms with Gasteiger partial charge in [0.2, 0.25) is 20.0 Å². The van der Waals surface area contributed by atoms with Crippen molar-refractivity contribution in [1.82, 2.24) is 4.72 Å². The van der Waals surface area contributed by atoms with Crippen LogP contribution < -0.4 is 15.2 Å². The van der Waals surface area contributed by atoms with E-state index in [9.17, 15) is 26.9 Å². The van der Waals surface area contributed by atoms with Crippen LogP contribution in [0.15, 0.2) is 47.4 Å². The Morgan fingerprint density at radius 3 is 2.14 bits per heavy atom. The molecule has 0 saturated carbocycles. The Balaban J connectivity index is 2.19. The van der Waals surface area contributed by atoms with Gasteiger partial charge < -0.3 is 5.32 Å². The summed E-state index contributed by atoms with van der Waals surface area (Å²) < 4.78 is 49.1. The first-order valence-electron chi connectivity index (χ1n) is 8.50. The zero-order chi connectivity index (χ0) is 21.8. The average Bonchev–Trinajstić information content (AvgIpc) is 2.58. The smallest absolute Gasteiger partial charge is 0.293 e. The Hall–Kier alpha value is -2.54. The molecule has 0 atom stereocenters. The molecule has 0 unspecified atom stereocenters. The fourth-order valence-electron chi connectivity index (χ4n) is 2.54. The molecule has 0 amide bonds. The molecular formula is C17H22N4O6S2. The molecule has 2 aromatic carbocycles. The first-order valence-corrected chi connectivity index (χ1v) is 11.7. The van der Waals surface area contributed by atoms with Crippen molar-refractivity contribution in [2.24, 2.45) is 5.14 Å². The lowest BCUT2D eigenvalue weighted by atomic mass is 10.1. The number of nitro benzene ring substituents is 1. The molecule has 0 aliphatic heterocycles. The Morgan fingerprint density at radius 2 is 1.62 bits per heavy atom. The lowest BCUT2D eigenvalue weighted by Gasteiger charge is -2.12. The maximum absolute atomic E-state index is 12.2. The van der Waals surface area contributed by atoms with E-state index in [4.69, 9.17) is 5.14 Å². The minimum absolute atomic E-state index is 0.159. The van der Waals surface area contributed by atoms with Crippen LogP contribution in [0.25, 0.3) is 0 Å². The molecule has 0 spiro atoms. The third-order valence-electron chi connectivity index (χ3n) is 3.74. The van der Waals surface area contributed by atoms with Crippen LogP contribution in [0.2, 0.25) is 0 Å². The summed E-state index contributed by atoms with van der Waals surface area (Å²) >= 11 is 0. The van der Waals surface area contributed by atoms with Crippen LogP contribution in [0.5, 0.6) is 0 Å². The van der Waals surface area contributed by atoms with Crippen LogP contribution in [-0.2, 0) is 32.3 Å². The molecule has 12 heteroatoms. The molecule has 158 valence electrons. The zero-order valence-corrected chi connectivity index (χ0v) is 17.5. The summed E-state index contributed by atoms with van der Waals surface area (Å²) in [6.07, 6.45) is 0. The van der Waals surface area contributed by atoms with E-state index in [0.717, 1.165) is 11.6 Å². The van der Waals surface area contributed by atoms with Crippen molar-refractivity contribution in [2.75, 3.05) is 5.32 Å². The van der Waals surface area contributed by atoms with Crippen molar-refractivity contribution in [3.05, 3.63) is 63.7 Å². The zero-order valence-electron chi connectivity index (χ0n) is 15.8. The molecule has 0 saturated heterocycles. The first kappa shape index (κ1) is 22.7. The summed E-state index contributed by atoms with van der Waals surface area (Å²) in [5, 5.41) is 19.3. The van der Waals surface area contributed by atoms with Gasteiger partial charge in [-0.25, -0.2) is 26.7 Å². The Morgan fingerprint density at radius 1 is 1.03 bits per heavy atom. The fraction of sp³-hybridized carbons (Fsp3) is 0.294. The van der Waals surface area contributed by atoms with Crippen LogP contribution in [0.4, 0.5) is 11.4 Å². The van der Waals surface area contributed by atoms with Gasteiger partial charge in [0.15, 0.2) is 0 Å². The third-order valence-corrected chi connectivity index (χ3v) is 6.13. The number of rotatable bonds is 9. The van der Waals surface area contributed by atoms with Crippen LogP contribution in [0, 0.1) is 10.1 Å². The van der Waals surface area contributed by atoms with Crippen molar-refractivity contribution in [3.8, 4) is 0 Å². The van der Waals surface area contributed by atoms with Gasteiger partial charge in [-0.2, -0.15) is 0 Å². The SMILES string of the molecule is CC(C)NS(=O)(=O)c1ccc(NCc2ccc(CS(N)(=O)=O)cc2)c([N+](=O)[O-])c1. The molecule has 4 N–H and O–H groups in total. The van der Waals surface area contributed by atoms with Crippen LogP contribution in [-0.4, -0.2) is 27.8 Å². The molecule has 29 heavy (non-hydrogen) atoms. The van der Waals surface area contributed by atoms with E-state index in [0.29, 0.717) is 5.56 Å². The quantitative estimate of drug-likeness (QED) is 0.393. The monoisotopic (exact) mass is 442 g/mol. The largest absolute Gasteiger partial charge is 0.375 e. The average molecular weight is 443 g/mol. The molecular weight excluding hydrogens is 420 g/mol. The van der Waals surface area contributed by atoms with E-state index in [1.54, 1.807) is 38.1 Å². The van der Waals surface area contributed by atoms with Gasteiger partial charge in [0.25, 0.3) is 5.69 Å². The van der Waals surface area contributed by atoms with E-state index in [1.807, 2.05) is 0 Å². The molecule has 0 bridgehead atoms. The van der Waals surface area contributed by atoms with E-state index in [2.05, 4.69) is 10.0 Å². The summed E-state index contributed by atoms with van der Waals surface area (Å²) in [5.74, 6) is -0.285. The van der Waals surface area contributed by atoms with Gasteiger partial charge in [0.1, 0.15) is 5.69 Å². The molecule has 0 fully saturated rings. The lowest BCUT2D eigenvalue weighted by Crippen LogP contribution is -2.30. The number of nitrogens with two attached hydrogens (primary N) is 1. The molecule has 2 aromatic rings. The highest BCUT2D eigenvalue weighted by Crippen LogP contribution is 2.28. The van der Waals surface area contributed by atoms with Crippen LogP contribution >= 0.6 is 0 Å². The second-order valence-corrected chi connectivity index (χ2v) is 10.0. The molecule has 0 aromatic heterocycles. The van der Waals surface area contributed by atoms with Gasteiger partial charge in [-0.1, -0.05) is 24.3 Å². The topological polar surface area (TPSA) is 162 Å². The second-order valence-electron chi connectivity index (χ2n) is 6.69. The first-order chi connectivity index (χ1) is 13.4. The van der Waals surface area contributed by atoms with Crippen molar-refractivity contribution < 1.29 is 21.8 Å². The van der Waals surface area contributed by atoms with Gasteiger partial charge >= 0.3 is 0 Å². The highest BCUT2D eigenvalue weighted by Gasteiger charge is 2.22. The lowest BCUT2D eigenvalue weighted by molar-refractivity contribution is -0.384. The predicted octanol–water partition coefficient (Wildman–Crippen LogP) is 1.68. The highest BCUT2D eigenvalue weighted by molar-refractivity contribution is 7.89. The Kier molecular flexibility index (Phi) is 6.95. The Bertz CT molecular complexity index is 1100. The number of nitrogens with zero attached hydrogens (tertiary/aromatic N) is 1. The number of anilines is 1. The van der Waals surface area contributed by atoms with Gasteiger partial charge in [-0.15, -0.1) is 0 Å². The summed E-state index contributed by atoms with van der Waals surface area (Å²) in [4.78, 5) is 10.5. The van der Waals surface area contributed by atoms with Gasteiger partial charge in [-0.05, 0) is 37.1 Å². The minimum atomic E-state index is -3.86. The number of sulfonamides is 2. The molecule has 10 nitrogen and oxygen atoms in total. The number of benzene rings is 2. The maximum atomic E-state index is 12.2. The van der Waals surface area contributed by atoms with E-state index >= 15 is 0 Å². The van der Waals surface area contributed by atoms with Crippen molar-refractivity contribution in [3.63, 3.8) is 0 Å². The maximum Gasteiger partial charge on any atom is 0.293 e. The normalized spacial score (nSPS) is 12.1. The van der Waals surface area contributed by atoms with Crippen LogP contribution in [0.1, 0.15) is 25.0 Å². The van der Waals surface area contributed by atoms with Gasteiger partial charge in [-0.3, -0.25) is 10.1 Å². The van der Waals surface area contributed by atoms with Crippen LogP contribution in [0.3, 0.4) is 0 Å². The minimum Gasteiger partial charge on any atom is -0.375 e. The predicted molar refractivity (Wildman–Crippen MR) is 109 cm³/mol. The summed E-state index contributed by atoms with van der Waals surface area (Å²) in [5.41, 5.74) is 1.06. The third kappa shape index (κ3) is 6.78. The number of hydrogen-bond acceptors (Lipinski definition) is 7. The van der Waals surface area contributed by atoms with Gasteiger partial charge in [0, 0.05) is 18.7 Å². The van der Waals surface area contributed by atoms with E-state index < -0.39 is 25.0 Å². The van der Waals surface area contributed by atoms with E-state index in [1.165, 1.54) is 12.1 Å². The molecule has 2 rings (SSSR count). The highest BCUT2D eigenvalue weighted by atomic mass is 32.2.